The molecule has 0 bridgehead atoms. The van der Waals surface area contributed by atoms with Crippen molar-refractivity contribution in [2.45, 2.75) is 6.10 Å². The highest BCUT2D eigenvalue weighted by Gasteiger charge is 2.32. The van der Waals surface area contributed by atoms with Gasteiger partial charge < -0.3 is 14.2 Å². The fourth-order valence-electron chi connectivity index (χ4n) is 3.36. The van der Waals surface area contributed by atoms with E-state index in [9.17, 15) is 4.79 Å². The maximum absolute atomic E-state index is 12.4. The van der Waals surface area contributed by atoms with Gasteiger partial charge in [-0.25, -0.2) is 0 Å². The second-order valence-electron chi connectivity index (χ2n) is 7.13. The molecule has 0 spiro atoms. The minimum absolute atomic E-state index is 0.00151. The Morgan fingerprint density at radius 2 is 1.53 bits per heavy atom. The Hall–Kier alpha value is -3.93. The minimum Gasteiger partial charge on any atom is -0.487 e. The van der Waals surface area contributed by atoms with Gasteiger partial charge in [-0.2, -0.15) is 4.98 Å². The third kappa shape index (κ3) is 3.67. The van der Waals surface area contributed by atoms with Crippen molar-refractivity contribution >= 4 is 5.91 Å². The molecular weight excluding hydrogens is 378 g/mol. The van der Waals surface area contributed by atoms with Gasteiger partial charge in [-0.15, -0.1) is 0 Å². The number of likely N-dealkylation sites (tertiary alicyclic amines) is 1. The van der Waals surface area contributed by atoms with Crippen LogP contribution in [0.4, 0.5) is 0 Å². The minimum atomic E-state index is -0.00151. The van der Waals surface area contributed by atoms with Crippen LogP contribution in [0.25, 0.3) is 22.8 Å². The Balaban J connectivity index is 1.19. The van der Waals surface area contributed by atoms with Gasteiger partial charge in [0, 0.05) is 16.7 Å². The van der Waals surface area contributed by atoms with Crippen LogP contribution in [0, 0.1) is 0 Å². The average molecular weight is 397 g/mol. The summed E-state index contributed by atoms with van der Waals surface area (Å²) in [5.74, 6) is 1.81. The third-order valence-corrected chi connectivity index (χ3v) is 5.02. The highest BCUT2D eigenvalue weighted by atomic mass is 16.5. The van der Waals surface area contributed by atoms with Crippen molar-refractivity contribution < 1.29 is 14.1 Å². The van der Waals surface area contributed by atoms with E-state index in [-0.39, 0.29) is 12.0 Å². The van der Waals surface area contributed by atoms with Gasteiger partial charge in [0.15, 0.2) is 0 Å². The fourth-order valence-corrected chi connectivity index (χ4v) is 3.36. The Bertz CT molecular complexity index is 1140. The van der Waals surface area contributed by atoms with Crippen molar-refractivity contribution in [3.8, 4) is 28.6 Å². The van der Waals surface area contributed by atoms with Gasteiger partial charge in [0.25, 0.3) is 11.8 Å². The van der Waals surface area contributed by atoms with Crippen LogP contribution in [-0.2, 0) is 0 Å². The SMILES string of the molecule is O=C(c1ccccc1)N1CC(Oc2ccc(-c3noc(-c4ccccc4)n3)cc2)C1. The van der Waals surface area contributed by atoms with E-state index in [1.807, 2.05) is 84.9 Å². The smallest absolute Gasteiger partial charge is 0.258 e. The first-order chi connectivity index (χ1) is 14.8. The number of ether oxygens (including phenoxy) is 1. The predicted molar refractivity (Wildman–Crippen MR) is 112 cm³/mol. The molecule has 6 nitrogen and oxygen atoms in total. The van der Waals surface area contributed by atoms with E-state index in [4.69, 9.17) is 9.26 Å². The van der Waals surface area contributed by atoms with Gasteiger partial charge in [0.1, 0.15) is 11.9 Å². The molecule has 1 aliphatic heterocycles. The maximum atomic E-state index is 12.4. The standard InChI is InChI=1S/C24H19N3O3/c28-24(19-9-5-2-6-10-19)27-15-21(16-27)29-20-13-11-17(12-14-20)22-25-23(30-26-22)18-7-3-1-4-8-18/h1-14,21H,15-16H2. The lowest BCUT2D eigenvalue weighted by Gasteiger charge is -2.39. The van der Waals surface area contributed by atoms with Crippen LogP contribution >= 0.6 is 0 Å². The topological polar surface area (TPSA) is 68.5 Å². The number of hydrogen-bond donors (Lipinski definition) is 0. The van der Waals surface area contributed by atoms with Crippen LogP contribution < -0.4 is 4.74 Å². The lowest BCUT2D eigenvalue weighted by Crippen LogP contribution is -2.56. The molecule has 0 radical (unpaired) electrons. The molecular formula is C24H19N3O3. The summed E-state index contributed by atoms with van der Waals surface area (Å²) in [5, 5.41) is 4.07. The van der Waals surface area contributed by atoms with Gasteiger partial charge in [0.05, 0.1) is 13.1 Å². The highest BCUT2D eigenvalue weighted by Crippen LogP contribution is 2.25. The monoisotopic (exact) mass is 397 g/mol. The molecule has 4 aromatic rings. The van der Waals surface area contributed by atoms with Gasteiger partial charge in [-0.1, -0.05) is 41.6 Å². The first-order valence-electron chi connectivity index (χ1n) is 9.77. The van der Waals surface area contributed by atoms with Gasteiger partial charge in [-0.05, 0) is 48.5 Å². The van der Waals surface area contributed by atoms with Crippen LogP contribution in [0.2, 0.25) is 0 Å². The summed E-state index contributed by atoms with van der Waals surface area (Å²) in [7, 11) is 0. The second kappa shape index (κ2) is 7.83. The average Bonchev–Trinajstić information content (AvgIpc) is 3.27. The van der Waals surface area contributed by atoms with Crippen LogP contribution in [0.5, 0.6) is 5.75 Å². The summed E-state index contributed by atoms with van der Waals surface area (Å²) in [5.41, 5.74) is 2.44. The molecule has 1 aliphatic rings. The van der Waals surface area contributed by atoms with Gasteiger partial charge in [-0.3, -0.25) is 4.79 Å². The molecule has 148 valence electrons. The molecule has 5 rings (SSSR count). The van der Waals surface area contributed by atoms with Crippen molar-refractivity contribution in [2.75, 3.05) is 13.1 Å². The van der Waals surface area contributed by atoms with Gasteiger partial charge >= 0.3 is 0 Å². The number of nitrogens with zero attached hydrogens (tertiary/aromatic N) is 3. The fraction of sp³-hybridized carbons (Fsp3) is 0.125. The number of carbonyl (C=O) groups excluding carboxylic acids is 1. The van der Waals surface area contributed by atoms with E-state index in [0.717, 1.165) is 16.9 Å². The molecule has 30 heavy (non-hydrogen) atoms. The molecule has 0 aliphatic carbocycles. The summed E-state index contributed by atoms with van der Waals surface area (Å²) in [4.78, 5) is 18.6. The molecule has 1 saturated heterocycles. The van der Waals surface area contributed by atoms with Crippen LogP contribution in [0.15, 0.2) is 89.5 Å². The van der Waals surface area contributed by atoms with Crippen molar-refractivity contribution in [3.05, 3.63) is 90.5 Å². The normalized spacial score (nSPS) is 13.7. The largest absolute Gasteiger partial charge is 0.487 e. The van der Waals surface area contributed by atoms with Crippen LogP contribution in [0.3, 0.4) is 0 Å². The Labute approximate surface area is 173 Å². The van der Waals surface area contributed by atoms with Crippen molar-refractivity contribution in [3.63, 3.8) is 0 Å². The number of aromatic nitrogens is 2. The van der Waals surface area contributed by atoms with Crippen LogP contribution in [0.1, 0.15) is 10.4 Å². The van der Waals surface area contributed by atoms with Gasteiger partial charge in [0.2, 0.25) is 5.82 Å². The molecule has 0 unspecified atom stereocenters. The zero-order valence-electron chi connectivity index (χ0n) is 16.1. The molecule has 0 N–H and O–H groups in total. The van der Waals surface area contributed by atoms with Crippen molar-refractivity contribution in [2.24, 2.45) is 0 Å². The van der Waals surface area contributed by atoms with E-state index in [2.05, 4.69) is 10.1 Å². The number of amides is 1. The summed E-state index contributed by atoms with van der Waals surface area (Å²) in [6.07, 6.45) is -0.00151. The quantitative estimate of drug-likeness (QED) is 0.502. The third-order valence-electron chi connectivity index (χ3n) is 5.02. The van der Waals surface area contributed by atoms with E-state index in [0.29, 0.717) is 30.4 Å². The summed E-state index contributed by atoms with van der Waals surface area (Å²) < 4.78 is 11.3. The molecule has 3 aromatic carbocycles. The first-order valence-corrected chi connectivity index (χ1v) is 9.77. The molecule has 0 saturated carbocycles. The van der Waals surface area contributed by atoms with Crippen molar-refractivity contribution in [1.82, 2.24) is 15.0 Å². The Kier molecular flexibility index (Phi) is 4.73. The molecule has 0 atom stereocenters. The first kappa shape index (κ1) is 18.1. The zero-order chi connectivity index (χ0) is 20.3. The maximum Gasteiger partial charge on any atom is 0.258 e. The van der Waals surface area contributed by atoms with E-state index in [1.165, 1.54) is 0 Å². The lowest BCUT2D eigenvalue weighted by molar-refractivity contribution is 0.0178. The number of rotatable bonds is 5. The molecule has 2 heterocycles. The summed E-state index contributed by atoms with van der Waals surface area (Å²) >= 11 is 0. The lowest BCUT2D eigenvalue weighted by atomic mass is 10.1. The number of benzene rings is 3. The number of hydrogen-bond acceptors (Lipinski definition) is 5. The van der Waals surface area contributed by atoms with Crippen LogP contribution in [-0.4, -0.2) is 40.1 Å². The van der Waals surface area contributed by atoms with Crippen molar-refractivity contribution in [1.29, 1.82) is 0 Å². The predicted octanol–water partition coefficient (Wildman–Crippen LogP) is 4.31. The zero-order valence-corrected chi connectivity index (χ0v) is 16.1. The molecule has 1 aromatic heterocycles. The van der Waals surface area contributed by atoms with E-state index < -0.39 is 0 Å². The van der Waals surface area contributed by atoms with E-state index >= 15 is 0 Å². The Morgan fingerprint density at radius 3 is 2.23 bits per heavy atom. The molecule has 1 amide bonds. The second-order valence-corrected chi connectivity index (χ2v) is 7.13. The number of carbonyl (C=O) groups is 1. The Morgan fingerprint density at radius 1 is 0.867 bits per heavy atom. The molecule has 6 heteroatoms. The summed E-state index contributed by atoms with van der Waals surface area (Å²) in [6, 6.07) is 26.5. The molecule has 1 fully saturated rings. The summed E-state index contributed by atoms with van der Waals surface area (Å²) in [6.45, 7) is 1.17. The van der Waals surface area contributed by atoms with E-state index in [1.54, 1.807) is 4.90 Å². The highest BCUT2D eigenvalue weighted by molar-refractivity contribution is 5.94.